The zero-order valence-electron chi connectivity index (χ0n) is 15.7. The summed E-state index contributed by atoms with van der Waals surface area (Å²) in [7, 11) is 0. The molecule has 0 aliphatic carbocycles. The molecular formula is C19H15F3N4O5. The lowest BCUT2D eigenvalue weighted by atomic mass is 10.1. The lowest BCUT2D eigenvalue weighted by Crippen LogP contribution is -2.37. The van der Waals surface area contributed by atoms with Crippen LogP contribution in [0.25, 0.3) is 0 Å². The van der Waals surface area contributed by atoms with Crippen LogP contribution in [0, 0.1) is 33.5 Å². The van der Waals surface area contributed by atoms with Crippen LogP contribution in [0.3, 0.4) is 0 Å². The van der Waals surface area contributed by atoms with Crippen molar-refractivity contribution in [2.45, 2.75) is 6.42 Å². The van der Waals surface area contributed by atoms with E-state index in [4.69, 9.17) is 0 Å². The van der Waals surface area contributed by atoms with Gasteiger partial charge in [-0.15, -0.1) is 0 Å². The minimum Gasteiger partial charge on any atom is -0.347 e. The number of halogens is 3. The second kappa shape index (κ2) is 8.81. The van der Waals surface area contributed by atoms with Gasteiger partial charge < -0.3 is 15.5 Å². The Balaban J connectivity index is 1.57. The summed E-state index contributed by atoms with van der Waals surface area (Å²) in [5.74, 6) is -5.93. The summed E-state index contributed by atoms with van der Waals surface area (Å²) >= 11 is 0. The van der Waals surface area contributed by atoms with E-state index in [1.165, 1.54) is 6.07 Å². The predicted molar refractivity (Wildman–Crippen MR) is 102 cm³/mol. The highest BCUT2D eigenvalue weighted by atomic mass is 19.2. The maximum Gasteiger partial charge on any atom is 0.306 e. The van der Waals surface area contributed by atoms with Crippen LogP contribution < -0.4 is 15.5 Å². The van der Waals surface area contributed by atoms with Gasteiger partial charge in [-0.1, -0.05) is 0 Å². The van der Waals surface area contributed by atoms with Gasteiger partial charge in [0.15, 0.2) is 11.6 Å². The highest BCUT2D eigenvalue weighted by Crippen LogP contribution is 2.29. The molecule has 3 amide bonds. The monoisotopic (exact) mass is 436 g/mol. The first-order valence-corrected chi connectivity index (χ1v) is 8.92. The van der Waals surface area contributed by atoms with Crippen molar-refractivity contribution in [1.29, 1.82) is 0 Å². The highest BCUT2D eigenvalue weighted by molar-refractivity contribution is 6.01. The number of hydrogen-bond donors (Lipinski definition) is 2. The van der Waals surface area contributed by atoms with Crippen molar-refractivity contribution in [3.63, 3.8) is 0 Å². The molecule has 2 aromatic carbocycles. The first-order chi connectivity index (χ1) is 14.7. The number of nitrogens with one attached hydrogen (secondary N) is 2. The van der Waals surface area contributed by atoms with Gasteiger partial charge in [0.05, 0.1) is 23.1 Å². The second-order valence-corrected chi connectivity index (χ2v) is 6.69. The molecule has 1 heterocycles. The summed E-state index contributed by atoms with van der Waals surface area (Å²) in [4.78, 5) is 47.5. The number of carbonyl (C=O) groups is 3. The Labute approximate surface area is 173 Å². The fraction of sp³-hybridized carbons (Fsp3) is 0.211. The molecule has 1 saturated heterocycles. The smallest absolute Gasteiger partial charge is 0.306 e. The van der Waals surface area contributed by atoms with Gasteiger partial charge >= 0.3 is 5.69 Å². The molecule has 1 atom stereocenters. The van der Waals surface area contributed by atoms with Crippen molar-refractivity contribution >= 4 is 34.8 Å². The second-order valence-electron chi connectivity index (χ2n) is 6.69. The topological polar surface area (TPSA) is 122 Å². The number of nitro groups is 1. The van der Waals surface area contributed by atoms with Crippen LogP contribution in [0.5, 0.6) is 0 Å². The zero-order valence-corrected chi connectivity index (χ0v) is 15.7. The Kier molecular flexibility index (Phi) is 6.18. The Morgan fingerprint density at radius 3 is 2.48 bits per heavy atom. The highest BCUT2D eigenvalue weighted by Gasteiger charge is 2.36. The summed E-state index contributed by atoms with van der Waals surface area (Å²) in [5, 5.41) is 15.5. The van der Waals surface area contributed by atoms with Crippen LogP contribution in [0.1, 0.15) is 6.42 Å². The average molecular weight is 436 g/mol. The van der Waals surface area contributed by atoms with Crippen molar-refractivity contribution in [2.24, 2.45) is 5.92 Å². The van der Waals surface area contributed by atoms with Gasteiger partial charge in [0.2, 0.25) is 23.5 Å². The van der Waals surface area contributed by atoms with E-state index in [2.05, 4.69) is 10.6 Å². The molecular weight excluding hydrogens is 421 g/mol. The standard InChI is InChI=1S/C19H15F3N4O5/c20-13-3-1-11(6-15(13)22)24-17(27)8-23-19(29)10-5-18(28)25(9-10)12-2-4-14(21)16(7-12)26(30)31/h1-4,6-7,10H,5,8-9H2,(H,23,29)(H,24,27). The fourth-order valence-electron chi connectivity index (χ4n) is 3.03. The Morgan fingerprint density at radius 1 is 1.10 bits per heavy atom. The molecule has 0 aromatic heterocycles. The Hall–Kier alpha value is -3.96. The van der Waals surface area contributed by atoms with Gasteiger partial charge in [-0.3, -0.25) is 24.5 Å². The summed E-state index contributed by atoms with van der Waals surface area (Å²) in [6.07, 6.45) is -0.207. The molecule has 2 N–H and O–H groups in total. The number of benzene rings is 2. The summed E-state index contributed by atoms with van der Waals surface area (Å²) in [6, 6.07) is 5.72. The molecule has 1 aliphatic heterocycles. The lowest BCUT2D eigenvalue weighted by molar-refractivity contribution is -0.387. The van der Waals surface area contributed by atoms with E-state index in [-0.39, 0.29) is 24.3 Å². The number of amides is 3. The zero-order chi connectivity index (χ0) is 22.7. The molecule has 0 spiro atoms. The van der Waals surface area contributed by atoms with Crippen LogP contribution in [0.2, 0.25) is 0 Å². The molecule has 31 heavy (non-hydrogen) atoms. The minimum absolute atomic E-state index is 0.00160. The van der Waals surface area contributed by atoms with Crippen LogP contribution in [-0.4, -0.2) is 35.7 Å². The van der Waals surface area contributed by atoms with E-state index < -0.39 is 58.2 Å². The number of nitrogens with zero attached hydrogens (tertiary/aromatic N) is 2. The summed E-state index contributed by atoms with van der Waals surface area (Å²) in [5.41, 5.74) is -0.727. The van der Waals surface area contributed by atoms with Crippen molar-refractivity contribution in [3.05, 3.63) is 64.0 Å². The molecule has 0 radical (unpaired) electrons. The van der Waals surface area contributed by atoms with Crippen LogP contribution in [0.15, 0.2) is 36.4 Å². The van der Waals surface area contributed by atoms with Crippen LogP contribution >= 0.6 is 0 Å². The van der Waals surface area contributed by atoms with Crippen molar-refractivity contribution in [1.82, 2.24) is 5.32 Å². The SMILES string of the molecule is O=C(CNC(=O)C1CC(=O)N(c2ccc(F)c([N+](=O)[O-])c2)C1)Nc1ccc(F)c(F)c1. The van der Waals surface area contributed by atoms with Gasteiger partial charge in [-0.2, -0.15) is 4.39 Å². The van der Waals surface area contributed by atoms with Crippen LogP contribution in [0.4, 0.5) is 30.2 Å². The van der Waals surface area contributed by atoms with Gasteiger partial charge in [0.1, 0.15) is 0 Å². The van der Waals surface area contributed by atoms with Crippen molar-refractivity contribution in [2.75, 3.05) is 23.3 Å². The quantitative estimate of drug-likeness (QED) is 0.531. The average Bonchev–Trinajstić information content (AvgIpc) is 3.11. The number of rotatable bonds is 6. The lowest BCUT2D eigenvalue weighted by Gasteiger charge is -2.16. The summed E-state index contributed by atoms with van der Waals surface area (Å²) < 4.78 is 39.6. The van der Waals surface area contributed by atoms with Gasteiger partial charge in [0.25, 0.3) is 0 Å². The molecule has 3 rings (SSSR count). The minimum atomic E-state index is -1.15. The third-order valence-electron chi connectivity index (χ3n) is 4.56. The molecule has 0 bridgehead atoms. The number of anilines is 2. The molecule has 12 heteroatoms. The molecule has 0 saturated carbocycles. The molecule has 9 nitrogen and oxygen atoms in total. The Morgan fingerprint density at radius 2 is 1.81 bits per heavy atom. The molecule has 162 valence electrons. The molecule has 2 aromatic rings. The number of hydrogen-bond acceptors (Lipinski definition) is 5. The van der Waals surface area contributed by atoms with Crippen LogP contribution in [-0.2, 0) is 14.4 Å². The van der Waals surface area contributed by atoms with E-state index in [1.807, 2.05) is 0 Å². The van der Waals surface area contributed by atoms with E-state index in [9.17, 15) is 37.7 Å². The third-order valence-corrected chi connectivity index (χ3v) is 4.56. The van der Waals surface area contributed by atoms with E-state index >= 15 is 0 Å². The fourth-order valence-corrected chi connectivity index (χ4v) is 3.03. The first kappa shape index (κ1) is 21.7. The third kappa shape index (κ3) is 4.97. The maximum absolute atomic E-state index is 13.5. The van der Waals surface area contributed by atoms with E-state index in [0.29, 0.717) is 0 Å². The number of carbonyl (C=O) groups excluding carboxylic acids is 3. The van der Waals surface area contributed by atoms with Gasteiger partial charge in [-0.05, 0) is 24.3 Å². The molecule has 1 unspecified atom stereocenters. The van der Waals surface area contributed by atoms with Gasteiger partial charge in [-0.25, -0.2) is 8.78 Å². The largest absolute Gasteiger partial charge is 0.347 e. The van der Waals surface area contributed by atoms with Gasteiger partial charge in [0, 0.05) is 30.8 Å². The first-order valence-electron chi connectivity index (χ1n) is 8.92. The van der Waals surface area contributed by atoms with E-state index in [1.54, 1.807) is 0 Å². The summed E-state index contributed by atoms with van der Waals surface area (Å²) in [6.45, 7) is -0.594. The normalized spacial score (nSPS) is 15.6. The van der Waals surface area contributed by atoms with Crippen molar-refractivity contribution < 1.29 is 32.5 Å². The maximum atomic E-state index is 13.5. The molecule has 1 fully saturated rings. The Bertz CT molecular complexity index is 1080. The van der Waals surface area contributed by atoms with Crippen molar-refractivity contribution in [3.8, 4) is 0 Å². The van der Waals surface area contributed by atoms with E-state index in [0.717, 1.165) is 35.2 Å². The molecule has 1 aliphatic rings. The predicted octanol–water partition coefficient (Wildman–Crippen LogP) is 2.12. The number of nitro benzene ring substituents is 1.